The van der Waals surface area contributed by atoms with Gasteiger partial charge in [0.2, 0.25) is 0 Å². The fourth-order valence-electron chi connectivity index (χ4n) is 2.44. The zero-order valence-electron chi connectivity index (χ0n) is 12.2. The summed E-state index contributed by atoms with van der Waals surface area (Å²) in [5, 5.41) is 11.5. The van der Waals surface area contributed by atoms with E-state index in [1.165, 1.54) is 0 Å². The predicted octanol–water partition coefficient (Wildman–Crippen LogP) is 1.75. The Kier molecular flexibility index (Phi) is 5.52. The molecule has 2 N–H and O–H groups in total. The quantitative estimate of drug-likeness (QED) is 0.781. The molecule has 2 rings (SSSR count). The van der Waals surface area contributed by atoms with Gasteiger partial charge in [0.05, 0.1) is 6.42 Å². The molecule has 1 fully saturated rings. The molecule has 6 nitrogen and oxygen atoms in total. The van der Waals surface area contributed by atoms with Crippen LogP contribution >= 0.6 is 0 Å². The van der Waals surface area contributed by atoms with Crippen molar-refractivity contribution in [3.63, 3.8) is 0 Å². The SMILES string of the molecule is O=C(C[C@H](NC(=O)c1ccccc1)C(=O)O)OC1CCCC1. The van der Waals surface area contributed by atoms with Gasteiger partial charge in [0.1, 0.15) is 12.1 Å². The molecule has 118 valence electrons. The highest BCUT2D eigenvalue weighted by molar-refractivity contribution is 5.97. The van der Waals surface area contributed by atoms with E-state index in [9.17, 15) is 14.4 Å². The van der Waals surface area contributed by atoms with E-state index in [0.717, 1.165) is 25.7 Å². The second kappa shape index (κ2) is 7.59. The second-order valence-electron chi connectivity index (χ2n) is 5.33. The van der Waals surface area contributed by atoms with Gasteiger partial charge in [0.15, 0.2) is 0 Å². The molecular weight excluding hydrogens is 286 g/mol. The van der Waals surface area contributed by atoms with Crippen molar-refractivity contribution < 1.29 is 24.2 Å². The summed E-state index contributed by atoms with van der Waals surface area (Å²) in [5.74, 6) is -2.37. The number of carboxylic acid groups (broad SMARTS) is 1. The lowest BCUT2D eigenvalue weighted by molar-refractivity contribution is -0.153. The zero-order valence-corrected chi connectivity index (χ0v) is 12.2. The summed E-state index contributed by atoms with van der Waals surface area (Å²) in [6.07, 6.45) is 3.19. The Bertz CT molecular complexity index is 537. The fourth-order valence-corrected chi connectivity index (χ4v) is 2.44. The Morgan fingerprint density at radius 2 is 1.82 bits per heavy atom. The van der Waals surface area contributed by atoms with Crippen molar-refractivity contribution in [2.45, 2.75) is 44.2 Å². The van der Waals surface area contributed by atoms with Crippen LogP contribution in [0.5, 0.6) is 0 Å². The highest BCUT2D eigenvalue weighted by atomic mass is 16.5. The number of rotatable bonds is 6. The van der Waals surface area contributed by atoms with E-state index in [-0.39, 0.29) is 12.5 Å². The van der Waals surface area contributed by atoms with Crippen LogP contribution in [0.3, 0.4) is 0 Å². The first-order chi connectivity index (χ1) is 10.6. The molecule has 0 bridgehead atoms. The molecule has 1 aliphatic carbocycles. The van der Waals surface area contributed by atoms with Crippen molar-refractivity contribution in [1.82, 2.24) is 5.32 Å². The second-order valence-corrected chi connectivity index (χ2v) is 5.33. The summed E-state index contributed by atoms with van der Waals surface area (Å²) in [6.45, 7) is 0. The van der Waals surface area contributed by atoms with Crippen LogP contribution in [0, 0.1) is 0 Å². The Morgan fingerprint density at radius 3 is 2.41 bits per heavy atom. The third kappa shape index (κ3) is 4.58. The van der Waals surface area contributed by atoms with E-state index in [1.54, 1.807) is 30.3 Å². The number of ether oxygens (including phenoxy) is 1. The number of hydrogen-bond donors (Lipinski definition) is 2. The molecule has 1 aromatic carbocycles. The van der Waals surface area contributed by atoms with Crippen molar-refractivity contribution in [3.8, 4) is 0 Å². The average Bonchev–Trinajstić information content (AvgIpc) is 3.00. The van der Waals surface area contributed by atoms with Crippen LogP contribution in [0.15, 0.2) is 30.3 Å². The fraction of sp³-hybridized carbons (Fsp3) is 0.438. The maximum absolute atomic E-state index is 12.0. The van der Waals surface area contributed by atoms with Gasteiger partial charge >= 0.3 is 11.9 Å². The van der Waals surface area contributed by atoms with E-state index in [2.05, 4.69) is 5.32 Å². The topological polar surface area (TPSA) is 92.7 Å². The highest BCUT2D eigenvalue weighted by Gasteiger charge is 2.27. The van der Waals surface area contributed by atoms with Crippen LogP contribution in [-0.4, -0.2) is 35.1 Å². The van der Waals surface area contributed by atoms with E-state index in [1.807, 2.05) is 0 Å². The van der Waals surface area contributed by atoms with Crippen LogP contribution in [0.1, 0.15) is 42.5 Å². The zero-order chi connectivity index (χ0) is 15.9. The van der Waals surface area contributed by atoms with Crippen molar-refractivity contribution in [3.05, 3.63) is 35.9 Å². The molecule has 1 atom stereocenters. The van der Waals surface area contributed by atoms with Gasteiger partial charge in [0.25, 0.3) is 5.91 Å². The lowest BCUT2D eigenvalue weighted by atomic mass is 10.1. The minimum Gasteiger partial charge on any atom is -0.480 e. The molecule has 1 aromatic rings. The summed E-state index contributed by atoms with van der Waals surface area (Å²) in [6, 6.07) is 6.97. The molecule has 0 spiro atoms. The maximum atomic E-state index is 12.0. The summed E-state index contributed by atoms with van der Waals surface area (Å²) >= 11 is 0. The summed E-state index contributed by atoms with van der Waals surface area (Å²) in [5.41, 5.74) is 0.345. The Morgan fingerprint density at radius 1 is 1.18 bits per heavy atom. The molecule has 1 aliphatic rings. The number of carbonyl (C=O) groups is 3. The lowest BCUT2D eigenvalue weighted by Gasteiger charge is -2.16. The van der Waals surface area contributed by atoms with Gasteiger partial charge in [-0.05, 0) is 37.8 Å². The van der Waals surface area contributed by atoms with Gasteiger partial charge in [-0.3, -0.25) is 9.59 Å². The molecule has 22 heavy (non-hydrogen) atoms. The van der Waals surface area contributed by atoms with Gasteiger partial charge in [-0.25, -0.2) is 4.79 Å². The normalized spacial score (nSPS) is 16.0. The number of amides is 1. The van der Waals surface area contributed by atoms with E-state index < -0.39 is 23.9 Å². The van der Waals surface area contributed by atoms with Crippen molar-refractivity contribution in [1.29, 1.82) is 0 Å². The standard InChI is InChI=1S/C16H19NO5/c18-14(22-12-8-4-5-9-12)10-13(16(20)21)17-15(19)11-6-2-1-3-7-11/h1-3,6-7,12-13H,4-5,8-10H2,(H,17,19)(H,20,21)/t13-/m0/s1. The molecule has 6 heteroatoms. The molecule has 0 radical (unpaired) electrons. The van der Waals surface area contributed by atoms with Crippen LogP contribution in [0.25, 0.3) is 0 Å². The number of benzene rings is 1. The smallest absolute Gasteiger partial charge is 0.326 e. The third-order valence-corrected chi connectivity index (χ3v) is 3.61. The Hall–Kier alpha value is -2.37. The van der Waals surface area contributed by atoms with Crippen LogP contribution in [-0.2, 0) is 14.3 Å². The molecule has 1 saturated carbocycles. The van der Waals surface area contributed by atoms with Gasteiger partial charge < -0.3 is 15.2 Å². The van der Waals surface area contributed by atoms with Gasteiger partial charge in [0, 0.05) is 5.56 Å². The first-order valence-electron chi connectivity index (χ1n) is 7.34. The van der Waals surface area contributed by atoms with Gasteiger partial charge in [-0.15, -0.1) is 0 Å². The lowest BCUT2D eigenvalue weighted by Crippen LogP contribution is -2.42. The van der Waals surface area contributed by atoms with E-state index in [4.69, 9.17) is 9.84 Å². The van der Waals surface area contributed by atoms with Crippen molar-refractivity contribution in [2.75, 3.05) is 0 Å². The monoisotopic (exact) mass is 305 g/mol. The number of esters is 1. The predicted molar refractivity (Wildman–Crippen MR) is 78.3 cm³/mol. The number of carbonyl (C=O) groups excluding carboxylic acids is 2. The number of nitrogens with one attached hydrogen (secondary N) is 1. The molecular formula is C16H19NO5. The minimum absolute atomic E-state index is 0.119. The molecule has 0 aliphatic heterocycles. The van der Waals surface area contributed by atoms with Crippen LogP contribution < -0.4 is 5.32 Å². The van der Waals surface area contributed by atoms with Crippen molar-refractivity contribution in [2.24, 2.45) is 0 Å². The van der Waals surface area contributed by atoms with Crippen LogP contribution in [0.2, 0.25) is 0 Å². The first kappa shape index (κ1) is 16.0. The molecule has 0 unspecified atom stereocenters. The molecule has 1 amide bonds. The van der Waals surface area contributed by atoms with Gasteiger partial charge in [-0.2, -0.15) is 0 Å². The largest absolute Gasteiger partial charge is 0.480 e. The molecule has 0 heterocycles. The third-order valence-electron chi connectivity index (χ3n) is 3.61. The van der Waals surface area contributed by atoms with Crippen LogP contribution in [0.4, 0.5) is 0 Å². The summed E-state index contributed by atoms with van der Waals surface area (Å²) in [7, 11) is 0. The Balaban J connectivity index is 1.90. The molecule has 0 saturated heterocycles. The number of aliphatic carboxylic acids is 1. The first-order valence-corrected chi connectivity index (χ1v) is 7.34. The number of hydrogen-bond acceptors (Lipinski definition) is 4. The summed E-state index contributed by atoms with van der Waals surface area (Å²) in [4.78, 5) is 35.0. The summed E-state index contributed by atoms with van der Waals surface area (Å²) < 4.78 is 5.23. The minimum atomic E-state index is -1.29. The molecule has 0 aromatic heterocycles. The average molecular weight is 305 g/mol. The van der Waals surface area contributed by atoms with Gasteiger partial charge in [-0.1, -0.05) is 18.2 Å². The van der Waals surface area contributed by atoms with E-state index in [0.29, 0.717) is 5.56 Å². The Labute approximate surface area is 128 Å². The maximum Gasteiger partial charge on any atom is 0.326 e. The van der Waals surface area contributed by atoms with E-state index >= 15 is 0 Å². The highest BCUT2D eigenvalue weighted by Crippen LogP contribution is 2.21. The van der Waals surface area contributed by atoms with Crippen molar-refractivity contribution >= 4 is 17.8 Å². The number of carboxylic acids is 1.